The molecule has 1 fully saturated rings. The lowest BCUT2D eigenvalue weighted by Gasteiger charge is -2.19. The molecule has 2 amide bonds. The number of rotatable bonds is 3. The Balaban J connectivity index is 1.95. The van der Waals surface area contributed by atoms with Gasteiger partial charge < -0.3 is 4.90 Å². The van der Waals surface area contributed by atoms with Gasteiger partial charge in [-0.1, -0.05) is 31.2 Å². The molecule has 0 N–H and O–H groups in total. The number of anilines is 2. The first-order chi connectivity index (χ1) is 11.8. The van der Waals surface area contributed by atoms with Crippen LogP contribution in [0.1, 0.15) is 17.3 Å². The fourth-order valence-corrected chi connectivity index (χ4v) is 4.63. The highest BCUT2D eigenvalue weighted by molar-refractivity contribution is 7.94. The second kappa shape index (κ2) is 6.33. The monoisotopic (exact) mass is 358 g/mol. The molecule has 1 atom stereocenters. The highest BCUT2D eigenvalue weighted by Gasteiger charge is 2.42. The molecule has 2 aromatic carbocycles. The van der Waals surface area contributed by atoms with Gasteiger partial charge in [0.15, 0.2) is 0 Å². The zero-order valence-corrected chi connectivity index (χ0v) is 14.7. The maximum atomic E-state index is 12.7. The van der Waals surface area contributed by atoms with Gasteiger partial charge >= 0.3 is 0 Å². The Labute approximate surface area is 146 Å². The van der Waals surface area contributed by atoms with E-state index >= 15 is 0 Å². The third-order valence-corrected chi connectivity index (χ3v) is 6.00. The van der Waals surface area contributed by atoms with E-state index in [0.29, 0.717) is 5.56 Å². The van der Waals surface area contributed by atoms with Crippen molar-refractivity contribution in [2.45, 2.75) is 6.92 Å². The molecule has 1 saturated heterocycles. The number of para-hydroxylation sites is 1. The smallest absolute Gasteiger partial charge is 0.258 e. The van der Waals surface area contributed by atoms with Crippen LogP contribution in [0.5, 0.6) is 0 Å². The van der Waals surface area contributed by atoms with Crippen LogP contribution in [0, 0.1) is 5.92 Å². The average Bonchev–Trinajstić information content (AvgIpc) is 2.81. The van der Waals surface area contributed by atoms with Gasteiger partial charge in [-0.2, -0.15) is 0 Å². The minimum Gasteiger partial charge on any atom is -0.311 e. The van der Waals surface area contributed by atoms with Gasteiger partial charge in [0.1, 0.15) is 0 Å². The van der Waals surface area contributed by atoms with E-state index in [2.05, 4.69) is 0 Å². The minimum atomic E-state index is -3.69. The molecule has 1 aliphatic rings. The zero-order valence-electron chi connectivity index (χ0n) is 13.9. The lowest BCUT2D eigenvalue weighted by atomic mass is 10.1. The molecule has 0 aliphatic carbocycles. The summed E-state index contributed by atoms with van der Waals surface area (Å²) in [6.45, 7) is 1.58. The lowest BCUT2D eigenvalue weighted by Crippen LogP contribution is -2.31. The molecular formula is C18H18N2O4S. The fraction of sp³-hybridized carbons (Fsp3) is 0.222. The van der Waals surface area contributed by atoms with Crippen molar-refractivity contribution in [2.75, 3.05) is 22.0 Å². The maximum Gasteiger partial charge on any atom is 0.258 e. The molecule has 1 aliphatic heterocycles. The van der Waals surface area contributed by atoms with Crippen LogP contribution in [0.25, 0.3) is 0 Å². The normalized spacial score (nSPS) is 19.0. The topological polar surface area (TPSA) is 74.8 Å². The highest BCUT2D eigenvalue weighted by Crippen LogP contribution is 2.29. The summed E-state index contributed by atoms with van der Waals surface area (Å²) in [5.74, 6) is -1.56. The second-order valence-corrected chi connectivity index (χ2v) is 7.89. The van der Waals surface area contributed by atoms with Crippen molar-refractivity contribution in [1.29, 1.82) is 0 Å². The number of sulfonamides is 1. The van der Waals surface area contributed by atoms with E-state index in [1.165, 1.54) is 17.0 Å². The molecule has 0 bridgehead atoms. The number of carbonyl (C=O) groups is 2. The molecule has 7 heteroatoms. The lowest BCUT2D eigenvalue weighted by molar-refractivity contribution is -0.119. The number of carbonyl (C=O) groups excluding carboxylic acids is 2. The van der Waals surface area contributed by atoms with Crippen LogP contribution in [0.15, 0.2) is 54.6 Å². The summed E-state index contributed by atoms with van der Waals surface area (Å²) in [4.78, 5) is 26.4. The van der Waals surface area contributed by atoms with Gasteiger partial charge in [-0.15, -0.1) is 0 Å². The van der Waals surface area contributed by atoms with Gasteiger partial charge in [0.25, 0.3) is 5.91 Å². The molecule has 3 rings (SSSR count). The Morgan fingerprint density at radius 1 is 1.12 bits per heavy atom. The van der Waals surface area contributed by atoms with E-state index in [1.54, 1.807) is 38.2 Å². The third kappa shape index (κ3) is 3.15. The predicted molar refractivity (Wildman–Crippen MR) is 96.1 cm³/mol. The van der Waals surface area contributed by atoms with Crippen LogP contribution in [0.3, 0.4) is 0 Å². The number of benzene rings is 2. The standard InChI is InChI=1S/C18H18N2O4S/c1-13-12-25(23,24)20(17(13)21)16-10-6-7-14(11-16)18(22)19(2)15-8-4-3-5-9-15/h3-11,13H,12H2,1-2H3. The van der Waals surface area contributed by atoms with Crippen molar-refractivity contribution in [3.63, 3.8) is 0 Å². The van der Waals surface area contributed by atoms with Crippen molar-refractivity contribution in [1.82, 2.24) is 0 Å². The van der Waals surface area contributed by atoms with Crippen molar-refractivity contribution in [3.05, 3.63) is 60.2 Å². The summed E-state index contributed by atoms with van der Waals surface area (Å²) in [5.41, 5.74) is 1.23. The van der Waals surface area contributed by atoms with Crippen LogP contribution in [-0.2, 0) is 14.8 Å². The van der Waals surface area contributed by atoms with Crippen LogP contribution in [0.2, 0.25) is 0 Å². The molecule has 0 aromatic heterocycles. The molecule has 1 heterocycles. The van der Waals surface area contributed by atoms with Gasteiger partial charge in [-0.05, 0) is 30.3 Å². The van der Waals surface area contributed by atoms with E-state index < -0.39 is 21.8 Å². The molecular weight excluding hydrogens is 340 g/mol. The van der Waals surface area contributed by atoms with Crippen molar-refractivity contribution >= 4 is 33.2 Å². The Morgan fingerprint density at radius 3 is 2.40 bits per heavy atom. The van der Waals surface area contributed by atoms with Gasteiger partial charge in [0, 0.05) is 18.3 Å². The van der Waals surface area contributed by atoms with Gasteiger partial charge in [0.2, 0.25) is 15.9 Å². The van der Waals surface area contributed by atoms with E-state index in [1.807, 2.05) is 18.2 Å². The first kappa shape index (κ1) is 17.2. The van der Waals surface area contributed by atoms with Gasteiger partial charge in [-0.25, -0.2) is 12.7 Å². The first-order valence-electron chi connectivity index (χ1n) is 7.81. The Bertz CT molecular complexity index is 925. The number of hydrogen-bond donors (Lipinski definition) is 0. The second-order valence-electron chi connectivity index (χ2n) is 6.03. The van der Waals surface area contributed by atoms with Gasteiger partial charge in [0.05, 0.1) is 17.4 Å². The van der Waals surface area contributed by atoms with Gasteiger partial charge in [-0.3, -0.25) is 9.59 Å². The van der Waals surface area contributed by atoms with Crippen LogP contribution in [0.4, 0.5) is 11.4 Å². The summed E-state index contributed by atoms with van der Waals surface area (Å²) in [5, 5.41) is 0. The minimum absolute atomic E-state index is 0.196. The van der Waals surface area contributed by atoms with E-state index in [-0.39, 0.29) is 17.3 Å². The molecule has 130 valence electrons. The zero-order chi connectivity index (χ0) is 18.2. The number of amides is 2. The third-order valence-electron chi connectivity index (χ3n) is 4.14. The summed E-state index contributed by atoms with van der Waals surface area (Å²) in [6.07, 6.45) is 0. The molecule has 2 aromatic rings. The molecule has 0 saturated carbocycles. The molecule has 6 nitrogen and oxygen atoms in total. The Morgan fingerprint density at radius 2 is 1.80 bits per heavy atom. The highest BCUT2D eigenvalue weighted by atomic mass is 32.2. The fourth-order valence-electron chi connectivity index (χ4n) is 2.81. The predicted octanol–water partition coefficient (Wildman–Crippen LogP) is 2.28. The summed E-state index contributed by atoms with van der Waals surface area (Å²) in [6, 6.07) is 15.2. The van der Waals surface area contributed by atoms with Crippen LogP contribution >= 0.6 is 0 Å². The van der Waals surface area contributed by atoms with Crippen LogP contribution in [-0.4, -0.2) is 33.0 Å². The number of hydrogen-bond acceptors (Lipinski definition) is 4. The first-order valence-corrected chi connectivity index (χ1v) is 9.42. The van der Waals surface area contributed by atoms with E-state index in [9.17, 15) is 18.0 Å². The largest absolute Gasteiger partial charge is 0.311 e. The SMILES string of the molecule is CC1CS(=O)(=O)N(c2cccc(C(=O)N(C)c3ccccc3)c2)C1=O. The molecule has 0 radical (unpaired) electrons. The number of nitrogens with zero attached hydrogens (tertiary/aromatic N) is 2. The van der Waals surface area contributed by atoms with E-state index in [4.69, 9.17) is 0 Å². The summed E-state index contributed by atoms with van der Waals surface area (Å²) < 4.78 is 25.3. The summed E-state index contributed by atoms with van der Waals surface area (Å²) >= 11 is 0. The van der Waals surface area contributed by atoms with Crippen LogP contribution < -0.4 is 9.21 Å². The summed E-state index contributed by atoms with van der Waals surface area (Å²) in [7, 11) is -2.05. The average molecular weight is 358 g/mol. The van der Waals surface area contributed by atoms with Crippen molar-refractivity contribution in [2.24, 2.45) is 5.92 Å². The maximum absolute atomic E-state index is 12.7. The molecule has 25 heavy (non-hydrogen) atoms. The molecule has 1 unspecified atom stereocenters. The van der Waals surface area contributed by atoms with Crippen molar-refractivity contribution < 1.29 is 18.0 Å². The Hall–Kier alpha value is -2.67. The Kier molecular flexibility index (Phi) is 4.34. The molecule has 0 spiro atoms. The quantitative estimate of drug-likeness (QED) is 0.844. The van der Waals surface area contributed by atoms with Crippen molar-refractivity contribution in [3.8, 4) is 0 Å². The van der Waals surface area contributed by atoms with E-state index in [0.717, 1.165) is 9.99 Å².